The summed E-state index contributed by atoms with van der Waals surface area (Å²) in [5.41, 5.74) is 0.415. The zero-order valence-corrected chi connectivity index (χ0v) is 12.4. The number of aromatic hydroxyl groups is 1. The van der Waals surface area contributed by atoms with Crippen LogP contribution >= 0.6 is 0 Å². The Labute approximate surface area is 127 Å². The Bertz CT molecular complexity index is 663. The van der Waals surface area contributed by atoms with Crippen molar-refractivity contribution in [3.05, 3.63) is 35.7 Å². The highest BCUT2D eigenvalue weighted by molar-refractivity contribution is 5.94. The van der Waals surface area contributed by atoms with Crippen LogP contribution in [0, 0.1) is 6.92 Å². The quantitative estimate of drug-likeness (QED) is 0.839. The van der Waals surface area contributed by atoms with E-state index in [0.717, 1.165) is 24.7 Å². The minimum atomic E-state index is -0.100. The molecule has 2 N–H and O–H groups in total. The number of hydrogen-bond donors (Lipinski definition) is 2. The molecule has 1 fully saturated rings. The molecule has 0 bridgehead atoms. The minimum absolute atomic E-state index is 0.00413. The van der Waals surface area contributed by atoms with Gasteiger partial charge in [0.25, 0.3) is 5.91 Å². The predicted molar refractivity (Wildman–Crippen MR) is 78.2 cm³/mol. The topological polar surface area (TPSA) is 98.2 Å². The van der Waals surface area contributed by atoms with Crippen molar-refractivity contribution in [3.63, 3.8) is 0 Å². The van der Waals surface area contributed by atoms with Crippen molar-refractivity contribution >= 4 is 5.91 Å². The molecule has 0 spiro atoms. The molecule has 1 amide bonds. The minimum Gasteiger partial charge on any atom is -0.506 e. The van der Waals surface area contributed by atoms with Crippen LogP contribution in [0.4, 0.5) is 0 Å². The van der Waals surface area contributed by atoms with Gasteiger partial charge in [-0.25, -0.2) is 4.98 Å². The van der Waals surface area contributed by atoms with Crippen molar-refractivity contribution in [1.29, 1.82) is 0 Å². The average molecular weight is 302 g/mol. The smallest absolute Gasteiger partial charge is 0.255 e. The molecule has 0 radical (unpaired) electrons. The SMILES string of the molecule is Cc1nc(CN2CCN(C(=O)c3cncc(O)c3)CC2)n[nH]1. The van der Waals surface area contributed by atoms with E-state index in [-0.39, 0.29) is 11.7 Å². The normalized spacial score (nSPS) is 16.0. The molecule has 2 aromatic heterocycles. The second-order valence-corrected chi connectivity index (χ2v) is 5.34. The summed E-state index contributed by atoms with van der Waals surface area (Å²) in [6.45, 7) is 5.36. The van der Waals surface area contributed by atoms with Gasteiger partial charge in [0, 0.05) is 32.4 Å². The zero-order valence-electron chi connectivity index (χ0n) is 12.4. The third kappa shape index (κ3) is 3.22. The van der Waals surface area contributed by atoms with E-state index in [9.17, 15) is 9.90 Å². The number of aromatic nitrogens is 4. The van der Waals surface area contributed by atoms with Gasteiger partial charge in [0.2, 0.25) is 0 Å². The summed E-state index contributed by atoms with van der Waals surface area (Å²) in [4.78, 5) is 24.5. The first-order valence-electron chi connectivity index (χ1n) is 7.15. The maximum Gasteiger partial charge on any atom is 0.255 e. The molecule has 8 heteroatoms. The Hall–Kier alpha value is -2.48. The fraction of sp³-hybridized carbons (Fsp3) is 0.429. The van der Waals surface area contributed by atoms with Crippen LogP contribution in [-0.4, -0.2) is 67.2 Å². The van der Waals surface area contributed by atoms with Crippen LogP contribution < -0.4 is 0 Å². The first-order chi connectivity index (χ1) is 10.6. The summed E-state index contributed by atoms with van der Waals surface area (Å²) in [5, 5.41) is 16.4. The molecule has 0 saturated carbocycles. The number of carbonyl (C=O) groups is 1. The number of nitrogens with one attached hydrogen (secondary N) is 1. The van der Waals surface area contributed by atoms with Gasteiger partial charge in [-0.05, 0) is 13.0 Å². The Morgan fingerprint density at radius 2 is 2.09 bits per heavy atom. The van der Waals surface area contributed by atoms with Gasteiger partial charge in [-0.15, -0.1) is 0 Å². The molecule has 1 aliphatic rings. The molecule has 1 aliphatic heterocycles. The highest BCUT2D eigenvalue weighted by atomic mass is 16.3. The maximum absolute atomic E-state index is 12.3. The lowest BCUT2D eigenvalue weighted by molar-refractivity contribution is 0.0624. The highest BCUT2D eigenvalue weighted by Crippen LogP contribution is 2.13. The molecule has 1 saturated heterocycles. The summed E-state index contributed by atoms with van der Waals surface area (Å²) < 4.78 is 0. The first kappa shape index (κ1) is 14.5. The number of amides is 1. The molecular formula is C14H18N6O2. The number of carbonyl (C=O) groups excluding carboxylic acids is 1. The number of hydrogen-bond acceptors (Lipinski definition) is 6. The number of rotatable bonds is 3. The largest absolute Gasteiger partial charge is 0.506 e. The monoisotopic (exact) mass is 302 g/mol. The van der Waals surface area contributed by atoms with Crippen LogP contribution in [0.5, 0.6) is 5.75 Å². The molecule has 0 aliphatic carbocycles. The standard InChI is InChI=1S/C14H18N6O2/c1-10-16-13(18-17-10)9-19-2-4-20(5-3-19)14(22)11-6-12(21)8-15-7-11/h6-8,21H,2-5,9H2,1H3,(H,16,17,18). The molecule has 3 rings (SSSR count). The van der Waals surface area contributed by atoms with E-state index in [1.54, 1.807) is 4.90 Å². The maximum atomic E-state index is 12.3. The lowest BCUT2D eigenvalue weighted by atomic mass is 10.2. The number of pyridine rings is 1. The Morgan fingerprint density at radius 1 is 1.32 bits per heavy atom. The number of piperazine rings is 1. The van der Waals surface area contributed by atoms with Crippen molar-refractivity contribution in [2.75, 3.05) is 26.2 Å². The second-order valence-electron chi connectivity index (χ2n) is 5.34. The Balaban J connectivity index is 1.56. The van der Waals surface area contributed by atoms with Gasteiger partial charge in [0.15, 0.2) is 5.82 Å². The molecule has 2 aromatic rings. The molecule has 0 atom stereocenters. The van der Waals surface area contributed by atoms with Crippen molar-refractivity contribution in [3.8, 4) is 5.75 Å². The van der Waals surface area contributed by atoms with Crippen LogP contribution in [-0.2, 0) is 6.54 Å². The van der Waals surface area contributed by atoms with Crippen molar-refractivity contribution in [2.24, 2.45) is 0 Å². The fourth-order valence-corrected chi connectivity index (χ4v) is 2.50. The molecule has 116 valence electrons. The molecule has 0 unspecified atom stereocenters. The van der Waals surface area contributed by atoms with Crippen LogP contribution in [0.15, 0.2) is 18.5 Å². The van der Waals surface area contributed by atoms with E-state index in [4.69, 9.17) is 0 Å². The van der Waals surface area contributed by atoms with E-state index >= 15 is 0 Å². The van der Waals surface area contributed by atoms with E-state index in [1.165, 1.54) is 18.5 Å². The molecule has 22 heavy (non-hydrogen) atoms. The molecular weight excluding hydrogens is 284 g/mol. The summed E-state index contributed by atoms with van der Waals surface area (Å²) in [6, 6.07) is 1.44. The van der Waals surface area contributed by atoms with Crippen LogP contribution in [0.2, 0.25) is 0 Å². The summed E-state index contributed by atoms with van der Waals surface area (Å²) in [7, 11) is 0. The number of aromatic amines is 1. The molecule has 0 aromatic carbocycles. The number of aryl methyl sites for hydroxylation is 1. The van der Waals surface area contributed by atoms with Gasteiger partial charge < -0.3 is 10.0 Å². The zero-order chi connectivity index (χ0) is 15.5. The van der Waals surface area contributed by atoms with Gasteiger partial charge in [-0.3, -0.25) is 19.8 Å². The molecule has 3 heterocycles. The van der Waals surface area contributed by atoms with Gasteiger partial charge in [-0.1, -0.05) is 0 Å². The summed E-state index contributed by atoms with van der Waals surface area (Å²) in [5.74, 6) is 1.48. The lowest BCUT2D eigenvalue weighted by Crippen LogP contribution is -2.48. The van der Waals surface area contributed by atoms with Gasteiger partial charge in [-0.2, -0.15) is 5.10 Å². The van der Waals surface area contributed by atoms with Gasteiger partial charge >= 0.3 is 0 Å². The summed E-state index contributed by atoms with van der Waals surface area (Å²) in [6.07, 6.45) is 2.79. The van der Waals surface area contributed by atoms with Crippen molar-refractivity contribution in [2.45, 2.75) is 13.5 Å². The third-order valence-corrected chi connectivity index (χ3v) is 3.64. The third-order valence-electron chi connectivity index (χ3n) is 3.64. The van der Waals surface area contributed by atoms with Crippen molar-refractivity contribution < 1.29 is 9.90 Å². The molecule has 8 nitrogen and oxygen atoms in total. The van der Waals surface area contributed by atoms with Gasteiger partial charge in [0.1, 0.15) is 11.6 Å². The van der Waals surface area contributed by atoms with Crippen LogP contribution in [0.25, 0.3) is 0 Å². The number of nitrogens with zero attached hydrogens (tertiary/aromatic N) is 5. The van der Waals surface area contributed by atoms with E-state index in [1.807, 2.05) is 6.92 Å². The first-order valence-corrected chi connectivity index (χ1v) is 7.15. The van der Waals surface area contributed by atoms with Gasteiger partial charge in [0.05, 0.1) is 18.3 Å². The fourth-order valence-electron chi connectivity index (χ4n) is 2.50. The lowest BCUT2D eigenvalue weighted by Gasteiger charge is -2.34. The highest BCUT2D eigenvalue weighted by Gasteiger charge is 2.23. The van der Waals surface area contributed by atoms with Crippen LogP contribution in [0.1, 0.15) is 22.0 Å². The van der Waals surface area contributed by atoms with Crippen LogP contribution in [0.3, 0.4) is 0 Å². The number of H-pyrrole nitrogens is 1. The average Bonchev–Trinajstić information content (AvgIpc) is 2.92. The van der Waals surface area contributed by atoms with E-state index < -0.39 is 0 Å². The van der Waals surface area contributed by atoms with Crippen molar-refractivity contribution in [1.82, 2.24) is 30.0 Å². The second kappa shape index (κ2) is 6.10. The predicted octanol–water partition coefficient (Wildman–Crippen LogP) is 0.172. The van der Waals surface area contributed by atoms with E-state index in [2.05, 4.69) is 25.1 Å². The Morgan fingerprint density at radius 3 is 2.73 bits per heavy atom. The van der Waals surface area contributed by atoms with E-state index in [0.29, 0.717) is 25.2 Å². The summed E-state index contributed by atoms with van der Waals surface area (Å²) >= 11 is 0. The Kier molecular flexibility index (Phi) is 4.01.